The smallest absolute Gasteiger partial charge is 0.327 e. The number of rotatable bonds is 7. The van der Waals surface area contributed by atoms with Gasteiger partial charge in [-0.25, -0.2) is 9.78 Å². The van der Waals surface area contributed by atoms with Gasteiger partial charge in [-0.05, 0) is 74.2 Å². The Kier molecular flexibility index (Phi) is 6.93. The molecule has 40 heavy (non-hydrogen) atoms. The summed E-state index contributed by atoms with van der Waals surface area (Å²) in [5.41, 5.74) is 3.15. The van der Waals surface area contributed by atoms with Crippen molar-refractivity contribution in [3.8, 4) is 11.5 Å². The molecule has 0 saturated heterocycles. The number of anilines is 2. The Balaban J connectivity index is 1.20. The fourth-order valence-electron chi connectivity index (χ4n) is 5.62. The number of aryl methyl sites for hydroxylation is 1. The molecular weight excluding hydrogens is 526 g/mol. The second-order valence-electron chi connectivity index (χ2n) is 10.1. The molecule has 10 heteroatoms. The van der Waals surface area contributed by atoms with E-state index in [0.717, 1.165) is 46.1 Å². The van der Waals surface area contributed by atoms with Crippen LogP contribution < -0.4 is 25.6 Å². The van der Waals surface area contributed by atoms with E-state index in [-0.39, 0.29) is 29.9 Å². The molecule has 6 rings (SSSR count). The highest BCUT2D eigenvalue weighted by Gasteiger charge is 2.47. The number of pyridine rings is 1. The van der Waals surface area contributed by atoms with Gasteiger partial charge in [0.05, 0.1) is 17.4 Å². The van der Waals surface area contributed by atoms with Crippen molar-refractivity contribution in [2.45, 2.75) is 54.6 Å². The molecule has 0 radical (unpaired) electrons. The van der Waals surface area contributed by atoms with Gasteiger partial charge in [-0.1, -0.05) is 36.5 Å². The van der Waals surface area contributed by atoms with Crippen LogP contribution in [-0.4, -0.2) is 40.2 Å². The summed E-state index contributed by atoms with van der Waals surface area (Å²) >= 11 is 1.37. The highest BCUT2D eigenvalue weighted by Crippen LogP contribution is 2.51. The number of carbonyl (C=O) groups is 3. The van der Waals surface area contributed by atoms with E-state index in [1.807, 2.05) is 61.5 Å². The minimum atomic E-state index is -0.542. The van der Waals surface area contributed by atoms with Crippen LogP contribution in [0.2, 0.25) is 0 Å². The summed E-state index contributed by atoms with van der Waals surface area (Å²) in [6.07, 6.45) is 5.16. The third-order valence-corrected chi connectivity index (χ3v) is 8.75. The van der Waals surface area contributed by atoms with E-state index in [0.29, 0.717) is 12.2 Å². The van der Waals surface area contributed by atoms with Crippen LogP contribution in [0.1, 0.15) is 36.4 Å². The Morgan fingerprint density at radius 3 is 2.60 bits per heavy atom. The topological polar surface area (TPSA) is 113 Å². The standard InChI is InChI=1S/C30H29N5O4S/c1-3-24(36)32-18-9-10-19(16-18)33-28(37)27-26-25-23(13-14-31-29(25)40-27)35(30(38)34-26)22-12-11-21(15-17(22)2)39-20-7-5-4-6-8-20/h3-8,11-15,18-19,26-27H,1,9-10,16H2,2H3,(H,32,36)(H,33,37)(H,34,38)/t18-,19+,26?,27?/m1/s1. The number of para-hydroxylation sites is 1. The molecule has 0 spiro atoms. The first-order chi connectivity index (χ1) is 19.4. The number of thioether (sulfide) groups is 1. The molecule has 3 N–H and O–H groups in total. The summed E-state index contributed by atoms with van der Waals surface area (Å²) in [5.74, 6) is 1.05. The van der Waals surface area contributed by atoms with E-state index in [4.69, 9.17) is 4.74 Å². The molecule has 3 heterocycles. The van der Waals surface area contributed by atoms with Gasteiger partial charge >= 0.3 is 6.03 Å². The molecule has 4 amide bonds. The van der Waals surface area contributed by atoms with Crippen molar-refractivity contribution in [3.63, 3.8) is 0 Å². The van der Waals surface area contributed by atoms with Crippen LogP contribution in [0, 0.1) is 6.92 Å². The van der Waals surface area contributed by atoms with Crippen molar-refractivity contribution in [2.75, 3.05) is 4.90 Å². The fraction of sp³-hybridized carbons (Fsp3) is 0.267. The molecular formula is C30H29N5O4S. The molecule has 3 aromatic rings. The monoisotopic (exact) mass is 555 g/mol. The van der Waals surface area contributed by atoms with Crippen LogP contribution >= 0.6 is 11.8 Å². The lowest BCUT2D eigenvalue weighted by atomic mass is 9.99. The lowest BCUT2D eigenvalue weighted by Crippen LogP contribution is -2.50. The number of nitrogens with zero attached hydrogens (tertiary/aromatic N) is 2. The minimum absolute atomic E-state index is 0.00756. The lowest BCUT2D eigenvalue weighted by Gasteiger charge is -2.35. The highest BCUT2D eigenvalue weighted by atomic mass is 32.2. The largest absolute Gasteiger partial charge is 0.457 e. The van der Waals surface area contributed by atoms with Crippen molar-refractivity contribution in [1.29, 1.82) is 0 Å². The van der Waals surface area contributed by atoms with Gasteiger partial charge in [-0.15, -0.1) is 0 Å². The molecule has 1 saturated carbocycles. The lowest BCUT2D eigenvalue weighted by molar-refractivity contribution is -0.121. The van der Waals surface area contributed by atoms with Crippen molar-refractivity contribution in [3.05, 3.63) is 84.6 Å². The second kappa shape index (κ2) is 10.7. The number of hydrogen-bond donors (Lipinski definition) is 3. The second-order valence-corrected chi connectivity index (χ2v) is 11.3. The maximum Gasteiger partial charge on any atom is 0.327 e. The van der Waals surface area contributed by atoms with Crippen molar-refractivity contribution >= 4 is 41.0 Å². The zero-order chi connectivity index (χ0) is 27.8. The minimum Gasteiger partial charge on any atom is -0.457 e. The summed E-state index contributed by atoms with van der Waals surface area (Å²) in [6.45, 7) is 5.43. The quantitative estimate of drug-likeness (QED) is 0.358. The first-order valence-electron chi connectivity index (χ1n) is 13.2. The van der Waals surface area contributed by atoms with Crippen LogP contribution in [0.3, 0.4) is 0 Å². The third kappa shape index (κ3) is 4.90. The van der Waals surface area contributed by atoms with Crippen molar-refractivity contribution in [1.82, 2.24) is 20.9 Å². The Morgan fingerprint density at radius 1 is 1.07 bits per heavy atom. The van der Waals surface area contributed by atoms with Crippen LogP contribution in [0.4, 0.5) is 16.2 Å². The van der Waals surface area contributed by atoms with Gasteiger partial charge in [-0.3, -0.25) is 14.5 Å². The number of nitrogens with one attached hydrogen (secondary N) is 3. The number of benzene rings is 2. The molecule has 1 aromatic heterocycles. The number of urea groups is 1. The molecule has 3 aliphatic rings. The Labute approximate surface area is 236 Å². The van der Waals surface area contributed by atoms with E-state index >= 15 is 0 Å². The first kappa shape index (κ1) is 25.9. The Morgan fingerprint density at radius 2 is 1.85 bits per heavy atom. The number of amides is 4. The molecule has 204 valence electrons. The van der Waals surface area contributed by atoms with E-state index in [1.165, 1.54) is 17.8 Å². The van der Waals surface area contributed by atoms with Crippen molar-refractivity contribution < 1.29 is 19.1 Å². The fourth-order valence-corrected chi connectivity index (χ4v) is 6.85. The van der Waals surface area contributed by atoms with Crippen LogP contribution in [0.25, 0.3) is 0 Å². The van der Waals surface area contributed by atoms with Gasteiger partial charge in [0.25, 0.3) is 0 Å². The van der Waals surface area contributed by atoms with Crippen LogP contribution in [0.5, 0.6) is 11.5 Å². The highest BCUT2D eigenvalue weighted by molar-refractivity contribution is 8.01. The zero-order valence-corrected chi connectivity index (χ0v) is 22.7. The van der Waals surface area contributed by atoms with E-state index < -0.39 is 11.3 Å². The molecule has 1 fully saturated rings. The molecule has 1 aliphatic carbocycles. The third-order valence-electron chi connectivity index (χ3n) is 7.46. The summed E-state index contributed by atoms with van der Waals surface area (Å²) < 4.78 is 5.97. The molecule has 2 aliphatic heterocycles. The van der Waals surface area contributed by atoms with E-state index in [2.05, 4.69) is 27.5 Å². The maximum absolute atomic E-state index is 13.5. The van der Waals surface area contributed by atoms with Gasteiger partial charge in [0, 0.05) is 23.8 Å². The summed E-state index contributed by atoms with van der Waals surface area (Å²) in [6, 6.07) is 16.1. The molecule has 2 aromatic carbocycles. The number of ether oxygens (including phenoxy) is 1. The summed E-state index contributed by atoms with van der Waals surface area (Å²) in [4.78, 5) is 44.8. The van der Waals surface area contributed by atoms with Crippen LogP contribution in [-0.2, 0) is 9.59 Å². The van der Waals surface area contributed by atoms with E-state index in [1.54, 1.807) is 11.1 Å². The van der Waals surface area contributed by atoms with Crippen molar-refractivity contribution in [2.24, 2.45) is 0 Å². The van der Waals surface area contributed by atoms with Gasteiger partial charge in [0.1, 0.15) is 21.8 Å². The van der Waals surface area contributed by atoms with Gasteiger partial charge in [0.2, 0.25) is 11.8 Å². The first-order valence-corrected chi connectivity index (χ1v) is 14.1. The summed E-state index contributed by atoms with van der Waals surface area (Å²) in [5, 5.41) is 9.30. The Bertz CT molecular complexity index is 1500. The molecule has 4 atom stereocenters. The average Bonchev–Trinajstić information content (AvgIpc) is 3.55. The molecule has 0 bridgehead atoms. The predicted molar refractivity (Wildman–Crippen MR) is 153 cm³/mol. The molecule has 9 nitrogen and oxygen atoms in total. The van der Waals surface area contributed by atoms with Gasteiger partial charge < -0.3 is 20.7 Å². The maximum atomic E-state index is 13.5. The predicted octanol–water partition coefficient (Wildman–Crippen LogP) is 4.90. The van der Waals surface area contributed by atoms with Gasteiger partial charge in [-0.2, -0.15) is 0 Å². The zero-order valence-electron chi connectivity index (χ0n) is 21.9. The average molecular weight is 556 g/mol. The Hall–Kier alpha value is -4.31. The SMILES string of the molecule is C=CC(=O)N[C@@H]1CC[C@H](NC(=O)C2Sc3nccc4c3C2NC(=O)N4c2ccc(Oc3ccccc3)cc2C)C1. The van der Waals surface area contributed by atoms with Gasteiger partial charge in [0.15, 0.2) is 0 Å². The number of hydrogen-bond acceptors (Lipinski definition) is 6. The normalized spacial score (nSPS) is 22.7. The van der Waals surface area contributed by atoms with E-state index in [9.17, 15) is 14.4 Å². The number of aromatic nitrogens is 1. The summed E-state index contributed by atoms with van der Waals surface area (Å²) in [7, 11) is 0. The van der Waals surface area contributed by atoms with Crippen LogP contribution in [0.15, 0.2) is 78.5 Å². The molecule has 2 unspecified atom stereocenters. The number of carbonyl (C=O) groups excluding carboxylic acids is 3.